The second-order valence-electron chi connectivity index (χ2n) is 9.49. The van der Waals surface area contributed by atoms with Gasteiger partial charge in [0.25, 0.3) is 0 Å². The van der Waals surface area contributed by atoms with Crippen LogP contribution in [0.2, 0.25) is 0 Å². The number of rotatable bonds is 2. The van der Waals surface area contributed by atoms with E-state index in [4.69, 9.17) is 4.98 Å². The van der Waals surface area contributed by atoms with Gasteiger partial charge < -0.3 is 0 Å². The molecule has 2 nitrogen and oxygen atoms in total. The van der Waals surface area contributed by atoms with Crippen molar-refractivity contribution in [3.63, 3.8) is 0 Å². The minimum atomic E-state index is 0.963. The fourth-order valence-corrected chi connectivity index (χ4v) is 6.56. The van der Waals surface area contributed by atoms with Crippen LogP contribution >= 0.6 is 11.3 Å². The Balaban J connectivity index is 1.49. The SMILES string of the molecule is c1ccc2cc3c(-c4ccc(-c5cccc6ccsc56)c5cc6ccccc6cc45)ncnc3cc2c1. The number of aromatic nitrogens is 2. The third-order valence-electron chi connectivity index (χ3n) is 7.41. The quantitative estimate of drug-likeness (QED) is 0.226. The van der Waals surface area contributed by atoms with E-state index in [1.807, 2.05) is 0 Å². The number of benzene rings is 6. The average Bonchev–Trinajstić information content (AvgIpc) is 3.44. The number of nitrogens with zero attached hydrogens (tertiary/aromatic N) is 2. The summed E-state index contributed by atoms with van der Waals surface area (Å²) in [6.45, 7) is 0. The van der Waals surface area contributed by atoms with Crippen LogP contribution < -0.4 is 0 Å². The molecule has 0 amide bonds. The molecule has 8 aromatic rings. The van der Waals surface area contributed by atoms with Crippen molar-refractivity contribution in [3.05, 3.63) is 121 Å². The Morgan fingerprint density at radius 2 is 1.08 bits per heavy atom. The molecular formula is C34H20N2S. The number of hydrogen-bond acceptors (Lipinski definition) is 3. The monoisotopic (exact) mass is 488 g/mol. The van der Waals surface area contributed by atoms with E-state index < -0.39 is 0 Å². The van der Waals surface area contributed by atoms with Crippen LogP contribution in [0.3, 0.4) is 0 Å². The minimum Gasteiger partial charge on any atom is -0.236 e. The Hall–Kier alpha value is -4.60. The molecule has 3 heteroatoms. The molecule has 0 aliphatic carbocycles. The van der Waals surface area contributed by atoms with Crippen LogP contribution in [0.5, 0.6) is 0 Å². The van der Waals surface area contributed by atoms with E-state index in [1.54, 1.807) is 17.7 Å². The summed E-state index contributed by atoms with van der Waals surface area (Å²) in [6, 6.07) is 39.4. The third-order valence-corrected chi connectivity index (χ3v) is 8.37. The maximum Gasteiger partial charge on any atom is 0.116 e. The predicted octanol–water partition coefficient (Wildman–Crippen LogP) is 9.64. The Bertz CT molecular complexity index is 2160. The highest BCUT2D eigenvalue weighted by molar-refractivity contribution is 7.17. The molecular weight excluding hydrogens is 468 g/mol. The lowest BCUT2D eigenvalue weighted by molar-refractivity contribution is 1.23. The van der Waals surface area contributed by atoms with Crippen molar-refractivity contribution < 1.29 is 0 Å². The van der Waals surface area contributed by atoms with Crippen LogP contribution in [0.15, 0.2) is 121 Å². The summed E-state index contributed by atoms with van der Waals surface area (Å²) in [4.78, 5) is 9.48. The lowest BCUT2D eigenvalue weighted by Gasteiger charge is -2.15. The summed E-state index contributed by atoms with van der Waals surface area (Å²) in [5, 5.41) is 11.8. The molecule has 37 heavy (non-hydrogen) atoms. The van der Waals surface area contributed by atoms with E-state index in [0.29, 0.717) is 0 Å². The molecule has 0 aliphatic heterocycles. The minimum absolute atomic E-state index is 0.963. The van der Waals surface area contributed by atoms with E-state index in [2.05, 4.69) is 120 Å². The Morgan fingerprint density at radius 3 is 1.84 bits per heavy atom. The summed E-state index contributed by atoms with van der Waals surface area (Å²) < 4.78 is 1.32. The van der Waals surface area contributed by atoms with Gasteiger partial charge in [0.1, 0.15) is 6.33 Å². The molecule has 0 aliphatic rings. The zero-order valence-corrected chi connectivity index (χ0v) is 20.7. The van der Waals surface area contributed by atoms with Crippen LogP contribution in [0.1, 0.15) is 0 Å². The predicted molar refractivity (Wildman–Crippen MR) is 158 cm³/mol. The molecule has 0 fully saturated rings. The summed E-state index contributed by atoms with van der Waals surface area (Å²) in [7, 11) is 0. The molecule has 172 valence electrons. The van der Waals surface area contributed by atoms with Crippen LogP contribution in [-0.2, 0) is 0 Å². The van der Waals surface area contributed by atoms with E-state index >= 15 is 0 Å². The Morgan fingerprint density at radius 1 is 0.459 bits per heavy atom. The van der Waals surface area contributed by atoms with Crippen molar-refractivity contribution in [3.8, 4) is 22.4 Å². The largest absolute Gasteiger partial charge is 0.236 e. The molecule has 0 N–H and O–H groups in total. The highest BCUT2D eigenvalue weighted by Gasteiger charge is 2.16. The van der Waals surface area contributed by atoms with Gasteiger partial charge in [0, 0.05) is 21.2 Å². The van der Waals surface area contributed by atoms with Gasteiger partial charge in [-0.05, 0) is 79.0 Å². The summed E-state index contributed by atoms with van der Waals surface area (Å²) >= 11 is 1.80. The van der Waals surface area contributed by atoms with E-state index in [0.717, 1.165) is 22.2 Å². The van der Waals surface area contributed by atoms with Crippen molar-refractivity contribution >= 4 is 64.6 Å². The maximum absolute atomic E-state index is 4.85. The van der Waals surface area contributed by atoms with Gasteiger partial charge in [-0.3, -0.25) is 0 Å². The molecule has 0 saturated heterocycles. The van der Waals surface area contributed by atoms with E-state index in [-0.39, 0.29) is 0 Å². The zero-order valence-electron chi connectivity index (χ0n) is 19.8. The van der Waals surface area contributed by atoms with Gasteiger partial charge in [-0.1, -0.05) is 78.9 Å². The lowest BCUT2D eigenvalue weighted by Crippen LogP contribution is -1.92. The van der Waals surface area contributed by atoms with Crippen molar-refractivity contribution in [1.82, 2.24) is 9.97 Å². The van der Waals surface area contributed by atoms with Crippen molar-refractivity contribution in [1.29, 1.82) is 0 Å². The number of thiophene rings is 1. The second-order valence-corrected chi connectivity index (χ2v) is 10.4. The van der Waals surface area contributed by atoms with Gasteiger partial charge in [-0.2, -0.15) is 0 Å². The lowest BCUT2D eigenvalue weighted by atomic mass is 9.90. The highest BCUT2D eigenvalue weighted by atomic mass is 32.1. The Labute approximate surface area is 217 Å². The summed E-state index contributed by atoms with van der Waals surface area (Å²) in [5.74, 6) is 0. The molecule has 0 bridgehead atoms. The van der Waals surface area contributed by atoms with Crippen LogP contribution in [0.25, 0.3) is 75.7 Å². The normalized spacial score (nSPS) is 11.8. The molecule has 0 spiro atoms. The number of hydrogen-bond donors (Lipinski definition) is 0. The molecule has 0 saturated carbocycles. The highest BCUT2D eigenvalue weighted by Crippen LogP contribution is 2.42. The molecule has 0 atom stereocenters. The fraction of sp³-hybridized carbons (Fsp3) is 0. The summed E-state index contributed by atoms with van der Waals surface area (Å²) in [6.07, 6.45) is 1.69. The first kappa shape index (κ1) is 20.6. The molecule has 0 radical (unpaired) electrons. The Kier molecular flexibility index (Phi) is 4.42. The van der Waals surface area contributed by atoms with Gasteiger partial charge in [0.05, 0.1) is 11.2 Å². The zero-order chi connectivity index (χ0) is 24.3. The molecule has 6 aromatic carbocycles. The number of fused-ring (bicyclic) bond motifs is 5. The first-order chi connectivity index (χ1) is 18.3. The van der Waals surface area contributed by atoms with Gasteiger partial charge in [0.2, 0.25) is 0 Å². The van der Waals surface area contributed by atoms with Gasteiger partial charge in [-0.25, -0.2) is 9.97 Å². The van der Waals surface area contributed by atoms with Gasteiger partial charge >= 0.3 is 0 Å². The topological polar surface area (TPSA) is 25.8 Å². The molecule has 8 rings (SSSR count). The summed E-state index contributed by atoms with van der Waals surface area (Å²) in [5.41, 5.74) is 5.59. The molecule has 0 unspecified atom stereocenters. The van der Waals surface area contributed by atoms with E-state index in [9.17, 15) is 0 Å². The van der Waals surface area contributed by atoms with Crippen LogP contribution in [0.4, 0.5) is 0 Å². The second kappa shape index (κ2) is 7.95. The molecule has 2 aromatic heterocycles. The average molecular weight is 489 g/mol. The van der Waals surface area contributed by atoms with Crippen molar-refractivity contribution in [2.24, 2.45) is 0 Å². The first-order valence-corrected chi connectivity index (χ1v) is 13.3. The van der Waals surface area contributed by atoms with Gasteiger partial charge in [-0.15, -0.1) is 11.3 Å². The first-order valence-electron chi connectivity index (χ1n) is 12.4. The van der Waals surface area contributed by atoms with Crippen LogP contribution in [-0.4, -0.2) is 9.97 Å². The smallest absolute Gasteiger partial charge is 0.116 e. The maximum atomic E-state index is 4.85. The van der Waals surface area contributed by atoms with Gasteiger partial charge in [0.15, 0.2) is 0 Å². The molecule has 2 heterocycles. The third kappa shape index (κ3) is 3.18. The van der Waals surface area contributed by atoms with Crippen molar-refractivity contribution in [2.75, 3.05) is 0 Å². The van der Waals surface area contributed by atoms with Crippen molar-refractivity contribution in [2.45, 2.75) is 0 Å². The van der Waals surface area contributed by atoms with E-state index in [1.165, 1.54) is 53.5 Å². The fourth-order valence-electron chi connectivity index (χ4n) is 5.64. The van der Waals surface area contributed by atoms with Crippen LogP contribution in [0, 0.1) is 0 Å². The standard InChI is InChI=1S/C34H20N2S/c1-2-7-23-17-30-27(33-31-18-24-8-3-4-9-25(24)19-32(31)35-20-36-33)13-12-26(29(30)16-22(23)6-1)28-11-5-10-21-14-15-37-34(21)28/h1-20H.